The van der Waals surface area contributed by atoms with Crippen LogP contribution in [-0.4, -0.2) is 47.5 Å². The van der Waals surface area contributed by atoms with E-state index in [1.165, 1.54) is 6.07 Å². The zero-order valence-electron chi connectivity index (χ0n) is 18.6. The number of halogens is 1. The van der Waals surface area contributed by atoms with Crippen LogP contribution in [0.5, 0.6) is 5.75 Å². The Labute approximate surface area is 191 Å². The second-order valence-electron chi connectivity index (χ2n) is 9.05. The van der Waals surface area contributed by atoms with Crippen LogP contribution in [0, 0.1) is 18.7 Å². The number of rotatable bonds is 4. The van der Waals surface area contributed by atoms with Crippen molar-refractivity contribution in [1.82, 2.24) is 4.98 Å². The molecular weight excluding hydrogens is 423 g/mol. The van der Waals surface area contributed by atoms with Gasteiger partial charge in [-0.1, -0.05) is 6.07 Å². The number of aryl methyl sites for hydroxylation is 1. The second kappa shape index (κ2) is 8.63. The summed E-state index contributed by atoms with van der Waals surface area (Å²) in [4.78, 5) is 18.7. The number of pyridine rings is 1. The number of aliphatic carboxylic acids is 1. The fourth-order valence-electron chi connectivity index (χ4n) is 5.13. The van der Waals surface area contributed by atoms with E-state index in [-0.39, 0.29) is 17.5 Å². The first-order valence-corrected chi connectivity index (χ1v) is 11.4. The van der Waals surface area contributed by atoms with Gasteiger partial charge in [-0.2, -0.15) is 0 Å². The second-order valence-corrected chi connectivity index (χ2v) is 9.05. The molecule has 3 aromatic rings. The van der Waals surface area contributed by atoms with Gasteiger partial charge in [-0.3, -0.25) is 4.79 Å². The van der Waals surface area contributed by atoms with Gasteiger partial charge in [0.15, 0.2) is 0 Å². The first kappa shape index (κ1) is 21.6. The Morgan fingerprint density at radius 2 is 1.94 bits per heavy atom. The Morgan fingerprint density at radius 3 is 2.64 bits per heavy atom. The number of benzene rings is 2. The van der Waals surface area contributed by atoms with E-state index in [9.17, 15) is 19.4 Å². The largest absolute Gasteiger partial charge is 0.508 e. The van der Waals surface area contributed by atoms with Gasteiger partial charge in [-0.15, -0.1) is 0 Å². The van der Waals surface area contributed by atoms with E-state index in [0.29, 0.717) is 43.8 Å². The third-order valence-electron chi connectivity index (χ3n) is 6.90. The summed E-state index contributed by atoms with van der Waals surface area (Å²) in [5.41, 5.74) is 4.13. The van der Waals surface area contributed by atoms with Gasteiger partial charge in [-0.25, -0.2) is 9.37 Å². The molecule has 2 aromatic carbocycles. The van der Waals surface area contributed by atoms with Gasteiger partial charge in [0.2, 0.25) is 0 Å². The van der Waals surface area contributed by atoms with Gasteiger partial charge < -0.3 is 19.8 Å². The molecule has 5 rings (SSSR count). The number of carboxylic acids is 1. The van der Waals surface area contributed by atoms with Crippen molar-refractivity contribution in [3.63, 3.8) is 0 Å². The lowest BCUT2D eigenvalue weighted by molar-refractivity contribution is -0.140. The standard InChI is InChI=1S/C26H27FN2O4/c1-15-12-17(2-5-21(15)27)23-20-4-3-19(30)13-22(20)28-25(24(23)16-7-10-33-11-8-16)29-9-6-18(14-29)26(31)32/h2-5,12-13,16,18,30H,6-11,14H2,1H3,(H,31,32). The topological polar surface area (TPSA) is 82.9 Å². The van der Waals surface area contributed by atoms with E-state index < -0.39 is 11.9 Å². The third-order valence-corrected chi connectivity index (χ3v) is 6.90. The van der Waals surface area contributed by atoms with Gasteiger partial charge in [0.25, 0.3) is 0 Å². The number of carboxylic acid groups (broad SMARTS) is 1. The minimum absolute atomic E-state index is 0.117. The molecule has 0 aliphatic carbocycles. The lowest BCUT2D eigenvalue weighted by atomic mass is 9.83. The highest BCUT2D eigenvalue weighted by atomic mass is 19.1. The summed E-state index contributed by atoms with van der Waals surface area (Å²) < 4.78 is 19.8. The van der Waals surface area contributed by atoms with Crippen LogP contribution in [0.3, 0.4) is 0 Å². The molecule has 0 radical (unpaired) electrons. The van der Waals surface area contributed by atoms with Crippen LogP contribution in [0.4, 0.5) is 10.2 Å². The Balaban J connectivity index is 1.79. The number of phenolic OH excluding ortho intramolecular Hbond substituents is 1. The molecule has 2 aliphatic heterocycles. The highest BCUT2D eigenvalue weighted by Crippen LogP contribution is 2.45. The molecule has 6 nitrogen and oxygen atoms in total. The summed E-state index contributed by atoms with van der Waals surface area (Å²) in [5.74, 6) is -0.426. The van der Waals surface area contributed by atoms with Gasteiger partial charge in [0.05, 0.1) is 11.4 Å². The average molecular weight is 451 g/mol. The van der Waals surface area contributed by atoms with Gasteiger partial charge in [0.1, 0.15) is 17.4 Å². The number of aromatic hydroxyl groups is 1. The Kier molecular flexibility index (Phi) is 5.66. The minimum atomic E-state index is -0.794. The van der Waals surface area contributed by atoms with Crippen LogP contribution in [0.25, 0.3) is 22.0 Å². The number of anilines is 1. The smallest absolute Gasteiger partial charge is 0.308 e. The maximum atomic E-state index is 14.2. The van der Waals surface area contributed by atoms with Gasteiger partial charge in [-0.05, 0) is 73.1 Å². The Bertz CT molecular complexity index is 1220. The molecule has 1 unspecified atom stereocenters. The van der Waals surface area contributed by atoms with Gasteiger partial charge in [0, 0.05) is 43.3 Å². The number of aromatic nitrogens is 1. The van der Waals surface area contributed by atoms with E-state index in [0.717, 1.165) is 40.7 Å². The van der Waals surface area contributed by atoms with Crippen LogP contribution < -0.4 is 4.90 Å². The summed E-state index contributed by atoms with van der Waals surface area (Å²) in [7, 11) is 0. The number of hydrogen-bond donors (Lipinski definition) is 2. The molecule has 2 aliphatic rings. The number of fused-ring (bicyclic) bond motifs is 1. The lowest BCUT2D eigenvalue weighted by Gasteiger charge is -2.31. The molecule has 0 amide bonds. The maximum Gasteiger partial charge on any atom is 0.308 e. The summed E-state index contributed by atoms with van der Waals surface area (Å²) in [6, 6.07) is 10.3. The predicted molar refractivity (Wildman–Crippen MR) is 124 cm³/mol. The fourth-order valence-corrected chi connectivity index (χ4v) is 5.13. The van der Waals surface area contributed by atoms with Crippen molar-refractivity contribution < 1.29 is 24.1 Å². The molecule has 3 heterocycles. The lowest BCUT2D eigenvalue weighted by Crippen LogP contribution is -2.26. The molecule has 1 atom stereocenters. The molecule has 2 saturated heterocycles. The van der Waals surface area contributed by atoms with E-state index >= 15 is 0 Å². The highest BCUT2D eigenvalue weighted by Gasteiger charge is 2.34. The number of ether oxygens (including phenoxy) is 1. The van der Waals surface area contributed by atoms with Gasteiger partial charge >= 0.3 is 5.97 Å². The van der Waals surface area contributed by atoms with Crippen molar-refractivity contribution in [3.05, 3.63) is 53.3 Å². The molecule has 0 spiro atoms. The molecule has 7 heteroatoms. The fraction of sp³-hybridized carbons (Fsp3) is 0.385. The number of phenols is 1. The minimum Gasteiger partial charge on any atom is -0.508 e. The molecule has 2 N–H and O–H groups in total. The zero-order valence-corrected chi connectivity index (χ0v) is 18.6. The number of hydrogen-bond acceptors (Lipinski definition) is 5. The zero-order chi connectivity index (χ0) is 23.1. The SMILES string of the molecule is Cc1cc(-c2c(C3CCOCC3)c(N3CCC(C(=O)O)C3)nc3cc(O)ccc23)ccc1F. The molecule has 0 saturated carbocycles. The van der Waals surface area contributed by atoms with Crippen molar-refractivity contribution in [2.75, 3.05) is 31.2 Å². The van der Waals surface area contributed by atoms with E-state index in [4.69, 9.17) is 9.72 Å². The molecule has 1 aromatic heterocycles. The molecular formula is C26H27FN2O4. The normalized spacial score (nSPS) is 19.3. The molecule has 172 valence electrons. The Hall–Kier alpha value is -3.19. The van der Waals surface area contributed by atoms with Crippen molar-refractivity contribution in [2.24, 2.45) is 5.92 Å². The Morgan fingerprint density at radius 1 is 1.15 bits per heavy atom. The number of carbonyl (C=O) groups is 1. The predicted octanol–water partition coefficient (Wildman–Crippen LogP) is 4.86. The maximum absolute atomic E-state index is 14.2. The summed E-state index contributed by atoms with van der Waals surface area (Å²) in [6.07, 6.45) is 2.23. The van der Waals surface area contributed by atoms with Crippen LogP contribution in [0.15, 0.2) is 36.4 Å². The van der Waals surface area contributed by atoms with Crippen LogP contribution in [0.1, 0.15) is 36.3 Å². The summed E-state index contributed by atoms with van der Waals surface area (Å²) in [5, 5.41) is 20.6. The van der Waals surface area contributed by atoms with E-state index in [2.05, 4.69) is 4.90 Å². The highest BCUT2D eigenvalue weighted by molar-refractivity contribution is 5.99. The molecule has 0 bridgehead atoms. The van der Waals surface area contributed by atoms with Crippen molar-refractivity contribution >= 4 is 22.7 Å². The van der Waals surface area contributed by atoms with E-state index in [1.54, 1.807) is 25.1 Å². The van der Waals surface area contributed by atoms with Crippen molar-refractivity contribution in [2.45, 2.75) is 32.1 Å². The van der Waals surface area contributed by atoms with Crippen LogP contribution >= 0.6 is 0 Å². The van der Waals surface area contributed by atoms with Crippen molar-refractivity contribution in [1.29, 1.82) is 0 Å². The van der Waals surface area contributed by atoms with E-state index in [1.807, 2.05) is 12.1 Å². The average Bonchev–Trinajstić information content (AvgIpc) is 3.31. The first-order valence-electron chi connectivity index (χ1n) is 11.4. The van der Waals surface area contributed by atoms with Crippen LogP contribution in [-0.2, 0) is 9.53 Å². The third kappa shape index (κ3) is 4.02. The number of nitrogens with zero attached hydrogens (tertiary/aromatic N) is 2. The summed E-state index contributed by atoms with van der Waals surface area (Å²) in [6.45, 7) is 4.05. The van der Waals surface area contributed by atoms with Crippen molar-refractivity contribution in [3.8, 4) is 16.9 Å². The monoisotopic (exact) mass is 450 g/mol. The molecule has 33 heavy (non-hydrogen) atoms. The van der Waals surface area contributed by atoms with Crippen LogP contribution in [0.2, 0.25) is 0 Å². The quantitative estimate of drug-likeness (QED) is 0.591. The summed E-state index contributed by atoms with van der Waals surface area (Å²) >= 11 is 0. The molecule has 2 fully saturated rings. The first-order chi connectivity index (χ1) is 15.9.